The fourth-order valence-electron chi connectivity index (χ4n) is 2.90. The van der Waals surface area contributed by atoms with Crippen molar-refractivity contribution in [2.75, 3.05) is 19.8 Å². The molecule has 1 aliphatic heterocycles. The van der Waals surface area contributed by atoms with Crippen molar-refractivity contribution < 1.29 is 24.8 Å². The Hall–Kier alpha value is -0.200. The number of ether oxygens (including phenoxy) is 2. The fraction of sp³-hybridized carbons (Fsp3) is 1.00. The fourth-order valence-corrected chi connectivity index (χ4v) is 2.90. The highest BCUT2D eigenvalue weighted by molar-refractivity contribution is 4.86. The largest absolute Gasteiger partial charge is 0.388 e. The van der Waals surface area contributed by atoms with Crippen LogP contribution in [0.3, 0.4) is 0 Å². The van der Waals surface area contributed by atoms with Crippen molar-refractivity contribution >= 4 is 0 Å². The van der Waals surface area contributed by atoms with Crippen LogP contribution in [0.25, 0.3) is 0 Å². The number of rotatable bonds is 13. The third-order valence-corrected chi connectivity index (χ3v) is 4.53. The summed E-state index contributed by atoms with van der Waals surface area (Å²) in [5.74, 6) is 0. The number of aliphatic hydroxyl groups is 3. The van der Waals surface area contributed by atoms with Crippen molar-refractivity contribution in [1.82, 2.24) is 0 Å². The zero-order valence-corrected chi connectivity index (χ0v) is 14.7. The van der Waals surface area contributed by atoms with Gasteiger partial charge in [0.15, 0.2) is 0 Å². The predicted molar refractivity (Wildman–Crippen MR) is 90.4 cm³/mol. The molecule has 23 heavy (non-hydrogen) atoms. The standard InChI is InChI=1S/C18H36O5/c1-2-3-4-5-6-7-8-9-10-11-12-22-14-16-18(21)17(20)15(19)13-23-16/h15-21H,2-14H2,1H3/t15-,16+,17+,18+/m1/s1. The van der Waals surface area contributed by atoms with E-state index in [1.807, 2.05) is 0 Å². The maximum absolute atomic E-state index is 9.77. The van der Waals surface area contributed by atoms with Gasteiger partial charge in [-0.1, -0.05) is 64.7 Å². The van der Waals surface area contributed by atoms with Gasteiger partial charge in [0, 0.05) is 6.61 Å². The Labute approximate surface area is 141 Å². The monoisotopic (exact) mass is 332 g/mol. The molecule has 138 valence electrons. The van der Waals surface area contributed by atoms with E-state index in [0.29, 0.717) is 6.61 Å². The van der Waals surface area contributed by atoms with Crippen LogP contribution >= 0.6 is 0 Å². The van der Waals surface area contributed by atoms with Gasteiger partial charge in [0.05, 0.1) is 13.2 Å². The molecule has 0 aromatic carbocycles. The Bertz CT molecular complexity index is 274. The zero-order chi connectivity index (χ0) is 16.9. The predicted octanol–water partition coefficient (Wildman–Crippen LogP) is 2.41. The molecule has 1 rings (SSSR count). The molecule has 0 spiro atoms. The highest BCUT2D eigenvalue weighted by Crippen LogP contribution is 2.16. The van der Waals surface area contributed by atoms with Crippen molar-refractivity contribution in [2.24, 2.45) is 0 Å². The number of hydrogen-bond acceptors (Lipinski definition) is 5. The van der Waals surface area contributed by atoms with E-state index >= 15 is 0 Å². The second kappa shape index (κ2) is 13.1. The van der Waals surface area contributed by atoms with E-state index < -0.39 is 24.4 Å². The van der Waals surface area contributed by atoms with E-state index in [-0.39, 0.29) is 13.2 Å². The molecule has 1 aliphatic rings. The van der Waals surface area contributed by atoms with E-state index in [1.54, 1.807) is 0 Å². The van der Waals surface area contributed by atoms with Gasteiger partial charge in [0.1, 0.15) is 24.4 Å². The van der Waals surface area contributed by atoms with Gasteiger partial charge >= 0.3 is 0 Å². The summed E-state index contributed by atoms with van der Waals surface area (Å²) in [6.45, 7) is 3.21. The average molecular weight is 332 g/mol. The summed E-state index contributed by atoms with van der Waals surface area (Å²) < 4.78 is 10.8. The molecule has 0 saturated carbocycles. The first kappa shape index (κ1) is 20.8. The van der Waals surface area contributed by atoms with Crippen molar-refractivity contribution in [1.29, 1.82) is 0 Å². The minimum atomic E-state index is -1.14. The second-order valence-electron chi connectivity index (χ2n) is 6.68. The maximum atomic E-state index is 9.77. The van der Waals surface area contributed by atoms with Crippen LogP contribution < -0.4 is 0 Å². The van der Waals surface area contributed by atoms with Gasteiger partial charge in [-0.3, -0.25) is 0 Å². The van der Waals surface area contributed by atoms with Crippen molar-refractivity contribution in [3.63, 3.8) is 0 Å². The Balaban J connectivity index is 1.86. The molecule has 3 N–H and O–H groups in total. The van der Waals surface area contributed by atoms with E-state index in [2.05, 4.69) is 6.92 Å². The normalized spacial score (nSPS) is 28.2. The van der Waals surface area contributed by atoms with Gasteiger partial charge in [-0.2, -0.15) is 0 Å². The van der Waals surface area contributed by atoms with Gasteiger partial charge < -0.3 is 24.8 Å². The van der Waals surface area contributed by atoms with Crippen LogP contribution in [0.15, 0.2) is 0 Å². The van der Waals surface area contributed by atoms with Gasteiger partial charge in [0.25, 0.3) is 0 Å². The lowest BCUT2D eigenvalue weighted by molar-refractivity contribution is -0.199. The molecular formula is C18H36O5. The Morgan fingerprint density at radius 3 is 2.00 bits per heavy atom. The molecule has 5 nitrogen and oxygen atoms in total. The van der Waals surface area contributed by atoms with Crippen LogP contribution in [0.4, 0.5) is 0 Å². The lowest BCUT2D eigenvalue weighted by Crippen LogP contribution is -2.54. The summed E-state index contributed by atoms with van der Waals surface area (Å²) in [5.41, 5.74) is 0. The lowest BCUT2D eigenvalue weighted by atomic mass is 10.0. The topological polar surface area (TPSA) is 79.2 Å². The maximum Gasteiger partial charge on any atom is 0.111 e. The molecule has 4 atom stereocenters. The summed E-state index contributed by atoms with van der Waals surface area (Å²) in [6.07, 6.45) is 9.11. The van der Waals surface area contributed by atoms with Gasteiger partial charge in [-0.15, -0.1) is 0 Å². The van der Waals surface area contributed by atoms with E-state index in [4.69, 9.17) is 9.47 Å². The van der Waals surface area contributed by atoms with Crippen LogP contribution in [-0.4, -0.2) is 59.6 Å². The molecule has 0 unspecified atom stereocenters. The minimum absolute atomic E-state index is 0.0461. The van der Waals surface area contributed by atoms with E-state index in [1.165, 1.54) is 57.8 Å². The molecule has 0 radical (unpaired) electrons. The average Bonchev–Trinajstić information content (AvgIpc) is 2.55. The summed E-state index contributed by atoms with van der Waals surface area (Å²) in [7, 11) is 0. The molecule has 0 bridgehead atoms. The van der Waals surface area contributed by atoms with Gasteiger partial charge in [0.2, 0.25) is 0 Å². The molecule has 0 aromatic rings. The Kier molecular flexibility index (Phi) is 11.9. The lowest BCUT2D eigenvalue weighted by Gasteiger charge is -2.35. The molecule has 5 heteroatoms. The highest BCUT2D eigenvalue weighted by Gasteiger charge is 2.37. The summed E-state index contributed by atoms with van der Waals surface area (Å²) in [5, 5.41) is 28.7. The van der Waals surface area contributed by atoms with E-state index in [9.17, 15) is 15.3 Å². The molecule has 0 aliphatic carbocycles. The first-order valence-electron chi connectivity index (χ1n) is 9.40. The highest BCUT2D eigenvalue weighted by atomic mass is 16.6. The van der Waals surface area contributed by atoms with Crippen LogP contribution in [0.2, 0.25) is 0 Å². The Morgan fingerprint density at radius 2 is 1.39 bits per heavy atom. The molecule has 0 aromatic heterocycles. The van der Waals surface area contributed by atoms with Crippen LogP contribution in [0.5, 0.6) is 0 Å². The SMILES string of the molecule is CCCCCCCCCCCCOC[C@@H]1OC[C@@H](O)[C@H](O)[C@H]1O. The van der Waals surface area contributed by atoms with Gasteiger partial charge in [-0.05, 0) is 6.42 Å². The molecule has 1 saturated heterocycles. The second-order valence-corrected chi connectivity index (χ2v) is 6.68. The number of hydrogen-bond donors (Lipinski definition) is 3. The van der Waals surface area contributed by atoms with E-state index in [0.717, 1.165) is 6.42 Å². The summed E-state index contributed by atoms with van der Waals surface area (Å²) >= 11 is 0. The van der Waals surface area contributed by atoms with Gasteiger partial charge in [-0.25, -0.2) is 0 Å². The molecule has 1 heterocycles. The smallest absolute Gasteiger partial charge is 0.111 e. The van der Waals surface area contributed by atoms with Crippen molar-refractivity contribution in [3.05, 3.63) is 0 Å². The molecule has 0 amide bonds. The van der Waals surface area contributed by atoms with Crippen LogP contribution in [0.1, 0.15) is 71.1 Å². The third kappa shape index (κ3) is 9.01. The Morgan fingerprint density at radius 1 is 0.826 bits per heavy atom. The molecular weight excluding hydrogens is 296 g/mol. The molecule has 1 fully saturated rings. The quantitative estimate of drug-likeness (QED) is 0.451. The third-order valence-electron chi connectivity index (χ3n) is 4.53. The summed E-state index contributed by atoms with van der Waals surface area (Å²) in [4.78, 5) is 0. The minimum Gasteiger partial charge on any atom is -0.388 e. The first-order valence-corrected chi connectivity index (χ1v) is 9.40. The number of aliphatic hydroxyl groups excluding tert-OH is 3. The summed E-state index contributed by atoms with van der Waals surface area (Å²) in [6, 6.07) is 0. The van der Waals surface area contributed by atoms with Crippen LogP contribution in [0, 0.1) is 0 Å². The van der Waals surface area contributed by atoms with Crippen LogP contribution in [-0.2, 0) is 9.47 Å². The van der Waals surface area contributed by atoms with Crippen molar-refractivity contribution in [2.45, 2.75) is 95.5 Å². The number of unbranched alkanes of at least 4 members (excludes halogenated alkanes) is 9. The first-order chi connectivity index (χ1) is 11.2. The zero-order valence-electron chi connectivity index (χ0n) is 14.7. The van der Waals surface area contributed by atoms with Crippen molar-refractivity contribution in [3.8, 4) is 0 Å².